The standard InChI is InChI=1S/C24H18FN3O2S/c1-15-5-7-17(8-6-15)19-14-31-24(26-19)27-23(29)21-12-22-20(9-10-30-22)28(21)13-16-3-2-4-18(25)11-16/h2-12,14H,13H2,1H3,(H,26,27,29). The van der Waals surface area contributed by atoms with Gasteiger partial charge in [0, 0.05) is 29.6 Å². The van der Waals surface area contributed by atoms with Gasteiger partial charge in [-0.15, -0.1) is 11.3 Å². The number of carbonyl (C=O) groups is 1. The van der Waals surface area contributed by atoms with Gasteiger partial charge < -0.3 is 8.98 Å². The van der Waals surface area contributed by atoms with Crippen LogP contribution in [0.5, 0.6) is 0 Å². The Balaban J connectivity index is 1.42. The molecule has 0 saturated carbocycles. The van der Waals surface area contributed by atoms with Crippen molar-refractivity contribution in [3.8, 4) is 11.3 Å². The number of thiazole rings is 1. The zero-order chi connectivity index (χ0) is 21.4. The normalized spacial score (nSPS) is 11.2. The highest BCUT2D eigenvalue weighted by Gasteiger charge is 2.19. The zero-order valence-corrected chi connectivity index (χ0v) is 17.4. The lowest BCUT2D eigenvalue weighted by Crippen LogP contribution is -2.17. The van der Waals surface area contributed by atoms with Crippen LogP contribution in [0.4, 0.5) is 9.52 Å². The van der Waals surface area contributed by atoms with Crippen LogP contribution in [0.25, 0.3) is 22.4 Å². The van der Waals surface area contributed by atoms with Gasteiger partial charge in [0.2, 0.25) is 0 Å². The number of hydrogen-bond acceptors (Lipinski definition) is 4. The highest BCUT2D eigenvalue weighted by atomic mass is 32.1. The molecule has 0 unspecified atom stereocenters. The van der Waals surface area contributed by atoms with Crippen LogP contribution in [-0.2, 0) is 6.54 Å². The van der Waals surface area contributed by atoms with Gasteiger partial charge >= 0.3 is 0 Å². The van der Waals surface area contributed by atoms with Crippen LogP contribution in [0, 0.1) is 12.7 Å². The number of aryl methyl sites for hydroxylation is 1. The number of anilines is 1. The van der Waals surface area contributed by atoms with Crippen molar-refractivity contribution in [2.75, 3.05) is 5.32 Å². The number of fused-ring (bicyclic) bond motifs is 1. The lowest BCUT2D eigenvalue weighted by atomic mass is 10.1. The predicted octanol–water partition coefficient (Wildman–Crippen LogP) is 6.11. The van der Waals surface area contributed by atoms with E-state index in [1.165, 1.54) is 29.0 Å². The van der Waals surface area contributed by atoms with Gasteiger partial charge in [0.1, 0.15) is 11.5 Å². The highest BCUT2D eigenvalue weighted by molar-refractivity contribution is 7.14. The molecule has 0 radical (unpaired) electrons. The van der Waals surface area contributed by atoms with E-state index < -0.39 is 0 Å². The molecule has 7 heteroatoms. The molecule has 0 saturated heterocycles. The van der Waals surface area contributed by atoms with Crippen LogP contribution in [-0.4, -0.2) is 15.5 Å². The first kappa shape index (κ1) is 19.3. The Labute approximate surface area is 181 Å². The lowest BCUT2D eigenvalue weighted by molar-refractivity contribution is 0.101. The van der Waals surface area contributed by atoms with E-state index in [4.69, 9.17) is 4.42 Å². The summed E-state index contributed by atoms with van der Waals surface area (Å²) < 4.78 is 20.9. The summed E-state index contributed by atoms with van der Waals surface area (Å²) in [6, 6.07) is 17.9. The molecule has 0 aliphatic carbocycles. The molecule has 2 aromatic carbocycles. The minimum atomic E-state index is -0.314. The molecule has 0 atom stereocenters. The molecule has 5 aromatic rings. The number of nitrogens with zero attached hydrogens (tertiary/aromatic N) is 2. The first-order valence-electron chi connectivity index (χ1n) is 9.72. The van der Waals surface area contributed by atoms with Crippen molar-refractivity contribution in [2.24, 2.45) is 0 Å². The van der Waals surface area contributed by atoms with Gasteiger partial charge in [-0.25, -0.2) is 9.37 Å². The Morgan fingerprint density at radius 2 is 2.00 bits per heavy atom. The molecular formula is C24H18FN3O2S. The molecule has 0 aliphatic heterocycles. The number of furan rings is 1. The number of carbonyl (C=O) groups excluding carboxylic acids is 1. The summed E-state index contributed by atoms with van der Waals surface area (Å²) in [5.41, 5.74) is 5.53. The fraction of sp³-hybridized carbons (Fsp3) is 0.0833. The maximum atomic E-state index is 13.6. The molecule has 0 fully saturated rings. The van der Waals surface area contributed by atoms with Crippen LogP contribution in [0.1, 0.15) is 21.6 Å². The van der Waals surface area contributed by atoms with Gasteiger partial charge in [-0.1, -0.05) is 42.0 Å². The van der Waals surface area contributed by atoms with E-state index in [9.17, 15) is 9.18 Å². The summed E-state index contributed by atoms with van der Waals surface area (Å²) in [5, 5.41) is 5.30. The van der Waals surface area contributed by atoms with Gasteiger partial charge in [-0.2, -0.15) is 0 Å². The SMILES string of the molecule is Cc1ccc(-c2csc(NC(=O)c3cc4occc4n3Cc3cccc(F)c3)n2)cc1. The van der Waals surface area contributed by atoms with E-state index >= 15 is 0 Å². The molecule has 3 heterocycles. The lowest BCUT2D eigenvalue weighted by Gasteiger charge is -2.10. The largest absolute Gasteiger partial charge is 0.463 e. The average molecular weight is 431 g/mol. The minimum Gasteiger partial charge on any atom is -0.463 e. The maximum absolute atomic E-state index is 13.6. The van der Waals surface area contributed by atoms with Crippen molar-refractivity contribution >= 4 is 33.5 Å². The summed E-state index contributed by atoms with van der Waals surface area (Å²) in [6.07, 6.45) is 1.57. The van der Waals surface area contributed by atoms with Crippen molar-refractivity contribution in [2.45, 2.75) is 13.5 Å². The van der Waals surface area contributed by atoms with Gasteiger partial charge in [0.15, 0.2) is 10.7 Å². The molecule has 154 valence electrons. The van der Waals surface area contributed by atoms with E-state index in [0.29, 0.717) is 23.0 Å². The molecule has 5 nitrogen and oxygen atoms in total. The van der Waals surface area contributed by atoms with E-state index in [2.05, 4.69) is 10.3 Å². The van der Waals surface area contributed by atoms with Crippen molar-refractivity contribution in [3.63, 3.8) is 0 Å². The Kier molecular flexibility index (Phi) is 4.88. The second-order valence-electron chi connectivity index (χ2n) is 7.27. The topological polar surface area (TPSA) is 60.1 Å². The number of aromatic nitrogens is 2. The quantitative estimate of drug-likeness (QED) is 0.365. The van der Waals surface area contributed by atoms with Crippen molar-refractivity contribution in [1.82, 2.24) is 9.55 Å². The minimum absolute atomic E-state index is 0.299. The summed E-state index contributed by atoms with van der Waals surface area (Å²) >= 11 is 1.37. The number of hydrogen-bond donors (Lipinski definition) is 1. The van der Waals surface area contributed by atoms with Crippen molar-refractivity contribution in [3.05, 3.63) is 94.9 Å². The fourth-order valence-electron chi connectivity index (χ4n) is 3.50. The Bertz CT molecular complexity index is 1380. The smallest absolute Gasteiger partial charge is 0.274 e. The molecule has 31 heavy (non-hydrogen) atoms. The summed E-state index contributed by atoms with van der Waals surface area (Å²) in [6.45, 7) is 2.38. The predicted molar refractivity (Wildman–Crippen MR) is 120 cm³/mol. The highest BCUT2D eigenvalue weighted by Crippen LogP contribution is 2.27. The Morgan fingerprint density at radius 1 is 1.16 bits per heavy atom. The zero-order valence-electron chi connectivity index (χ0n) is 16.6. The second kappa shape index (κ2) is 7.85. The first-order chi connectivity index (χ1) is 15.1. The summed E-state index contributed by atoms with van der Waals surface area (Å²) in [5.74, 6) is -0.613. The van der Waals surface area contributed by atoms with Gasteiger partial charge in [0.05, 0.1) is 17.5 Å². The van der Waals surface area contributed by atoms with Crippen LogP contribution in [0.15, 0.2) is 76.7 Å². The van der Waals surface area contributed by atoms with Gasteiger partial charge in [-0.3, -0.25) is 10.1 Å². The van der Waals surface area contributed by atoms with E-state index in [1.807, 2.05) is 47.2 Å². The third kappa shape index (κ3) is 3.87. The molecule has 1 amide bonds. The molecular weight excluding hydrogens is 413 g/mol. The van der Waals surface area contributed by atoms with Crippen LogP contribution >= 0.6 is 11.3 Å². The second-order valence-corrected chi connectivity index (χ2v) is 8.13. The van der Waals surface area contributed by atoms with Gasteiger partial charge in [-0.05, 0) is 24.6 Å². The Morgan fingerprint density at radius 3 is 2.81 bits per heavy atom. The fourth-order valence-corrected chi connectivity index (χ4v) is 4.22. The summed E-state index contributed by atoms with van der Waals surface area (Å²) in [4.78, 5) is 17.6. The third-order valence-corrected chi connectivity index (χ3v) is 5.81. The molecule has 5 rings (SSSR count). The van der Waals surface area contributed by atoms with Gasteiger partial charge in [0.25, 0.3) is 5.91 Å². The number of halogens is 1. The molecule has 0 bridgehead atoms. The number of rotatable bonds is 5. The third-order valence-electron chi connectivity index (χ3n) is 5.06. The number of nitrogens with one attached hydrogen (secondary N) is 1. The maximum Gasteiger partial charge on any atom is 0.274 e. The van der Waals surface area contributed by atoms with Crippen LogP contribution < -0.4 is 5.32 Å². The van der Waals surface area contributed by atoms with Crippen molar-refractivity contribution in [1.29, 1.82) is 0 Å². The van der Waals surface area contributed by atoms with E-state index in [1.54, 1.807) is 24.5 Å². The monoisotopic (exact) mass is 431 g/mol. The van der Waals surface area contributed by atoms with Crippen molar-refractivity contribution < 1.29 is 13.6 Å². The number of amides is 1. The van der Waals surface area contributed by atoms with E-state index in [0.717, 1.165) is 22.3 Å². The average Bonchev–Trinajstić information content (AvgIpc) is 3.46. The van der Waals surface area contributed by atoms with Crippen LogP contribution in [0.3, 0.4) is 0 Å². The Hall–Kier alpha value is -3.71. The molecule has 0 aliphatic rings. The molecule has 0 spiro atoms. The first-order valence-corrected chi connectivity index (χ1v) is 10.6. The number of benzene rings is 2. The summed E-state index contributed by atoms with van der Waals surface area (Å²) in [7, 11) is 0. The van der Waals surface area contributed by atoms with Crippen LogP contribution in [0.2, 0.25) is 0 Å². The van der Waals surface area contributed by atoms with E-state index in [-0.39, 0.29) is 11.7 Å². The molecule has 3 aromatic heterocycles. The molecule has 1 N–H and O–H groups in total.